The Morgan fingerprint density at radius 1 is 0.588 bits per heavy atom. The van der Waals surface area contributed by atoms with Crippen molar-refractivity contribution in [3.8, 4) is 0 Å². The minimum atomic E-state index is -0.819. The predicted molar refractivity (Wildman–Crippen MR) is 135 cm³/mol. The highest BCUT2D eigenvalue weighted by Crippen LogP contribution is 2.43. The first-order valence-electron chi connectivity index (χ1n) is 11.2. The first-order chi connectivity index (χ1) is 16.8. The van der Waals surface area contributed by atoms with Gasteiger partial charge in [0.05, 0.1) is 5.57 Å². The smallest absolute Gasteiger partial charge is 0.341 e. The molecule has 1 saturated heterocycles. The SMILES string of the molecule is COC1OC(=O)C(=C(c2ccccc2)c2ccccc2)C1=C(c1ccccc1)c1ccccc1. The van der Waals surface area contributed by atoms with Crippen molar-refractivity contribution in [2.45, 2.75) is 6.29 Å². The van der Waals surface area contributed by atoms with Crippen LogP contribution in [0.25, 0.3) is 11.1 Å². The van der Waals surface area contributed by atoms with Crippen LogP contribution in [0.5, 0.6) is 0 Å². The van der Waals surface area contributed by atoms with E-state index in [0.29, 0.717) is 5.57 Å². The molecule has 34 heavy (non-hydrogen) atoms. The van der Waals surface area contributed by atoms with Gasteiger partial charge in [-0.15, -0.1) is 0 Å². The Bertz CT molecular complexity index is 1260. The van der Waals surface area contributed by atoms with Crippen molar-refractivity contribution >= 4 is 17.1 Å². The molecule has 3 nitrogen and oxygen atoms in total. The van der Waals surface area contributed by atoms with Crippen molar-refractivity contribution in [3.63, 3.8) is 0 Å². The van der Waals surface area contributed by atoms with Crippen LogP contribution in [0.4, 0.5) is 0 Å². The summed E-state index contributed by atoms with van der Waals surface area (Å²) in [5, 5.41) is 0. The van der Waals surface area contributed by atoms with Gasteiger partial charge in [-0.1, -0.05) is 121 Å². The molecule has 0 saturated carbocycles. The van der Waals surface area contributed by atoms with Crippen LogP contribution in [0, 0.1) is 0 Å². The lowest BCUT2D eigenvalue weighted by atomic mass is 9.85. The van der Waals surface area contributed by atoms with Crippen LogP contribution in [-0.2, 0) is 14.3 Å². The first-order valence-corrected chi connectivity index (χ1v) is 11.2. The molecule has 1 atom stereocenters. The van der Waals surface area contributed by atoms with E-state index < -0.39 is 12.3 Å². The quantitative estimate of drug-likeness (QED) is 0.260. The van der Waals surface area contributed by atoms with Crippen molar-refractivity contribution in [1.29, 1.82) is 0 Å². The van der Waals surface area contributed by atoms with E-state index in [2.05, 4.69) is 0 Å². The Hall–Kier alpha value is -4.21. The maximum Gasteiger partial charge on any atom is 0.341 e. The third kappa shape index (κ3) is 4.09. The second-order valence-corrected chi connectivity index (χ2v) is 7.98. The van der Waals surface area contributed by atoms with Crippen molar-refractivity contribution in [2.75, 3.05) is 7.11 Å². The van der Waals surface area contributed by atoms with Crippen LogP contribution in [0.2, 0.25) is 0 Å². The lowest BCUT2D eigenvalue weighted by Crippen LogP contribution is -2.13. The molecule has 1 unspecified atom stereocenters. The molecule has 3 heteroatoms. The second-order valence-electron chi connectivity index (χ2n) is 7.98. The number of methoxy groups -OCH3 is 1. The predicted octanol–water partition coefficient (Wildman–Crippen LogP) is 6.52. The van der Waals surface area contributed by atoms with Crippen LogP contribution < -0.4 is 0 Å². The zero-order valence-corrected chi connectivity index (χ0v) is 18.8. The number of rotatable bonds is 5. The van der Waals surface area contributed by atoms with Gasteiger partial charge < -0.3 is 9.47 Å². The Labute approximate surface area is 199 Å². The minimum Gasteiger partial charge on any atom is -0.428 e. The van der Waals surface area contributed by atoms with E-state index in [1.54, 1.807) is 7.11 Å². The molecule has 0 bridgehead atoms. The van der Waals surface area contributed by atoms with Crippen LogP contribution in [-0.4, -0.2) is 19.4 Å². The van der Waals surface area contributed by atoms with E-state index in [-0.39, 0.29) is 0 Å². The molecule has 0 aromatic heterocycles. The zero-order valence-electron chi connectivity index (χ0n) is 18.8. The van der Waals surface area contributed by atoms with E-state index in [0.717, 1.165) is 39.0 Å². The summed E-state index contributed by atoms with van der Waals surface area (Å²) in [5.41, 5.74) is 6.85. The highest BCUT2D eigenvalue weighted by Gasteiger charge is 2.40. The Morgan fingerprint density at radius 2 is 0.941 bits per heavy atom. The number of esters is 1. The van der Waals surface area contributed by atoms with E-state index in [1.807, 2.05) is 121 Å². The molecule has 5 rings (SSSR count). The molecule has 166 valence electrons. The Kier molecular flexibility index (Phi) is 6.19. The summed E-state index contributed by atoms with van der Waals surface area (Å²) in [5.74, 6) is -0.395. The molecule has 4 aromatic carbocycles. The summed E-state index contributed by atoms with van der Waals surface area (Å²) in [4.78, 5) is 13.5. The number of hydrogen-bond acceptors (Lipinski definition) is 3. The normalized spacial score (nSPS) is 15.2. The fraction of sp³-hybridized carbons (Fsp3) is 0.0645. The van der Waals surface area contributed by atoms with Gasteiger partial charge in [-0.3, -0.25) is 0 Å². The minimum absolute atomic E-state index is 0.395. The number of hydrogen-bond donors (Lipinski definition) is 0. The van der Waals surface area contributed by atoms with Crippen LogP contribution in [0.1, 0.15) is 22.3 Å². The number of benzene rings is 4. The zero-order chi connectivity index (χ0) is 23.3. The number of carbonyl (C=O) groups excluding carboxylic acids is 1. The standard InChI is InChI=1S/C31H24O3/c1-33-31-29(27(24-18-10-4-11-19-24)25-20-12-5-13-21-25)28(30(32)34-31)26(22-14-6-2-7-15-22)23-16-8-3-9-17-23/h2-21,31H,1H3. The lowest BCUT2D eigenvalue weighted by molar-refractivity contribution is -0.153. The van der Waals surface area contributed by atoms with E-state index >= 15 is 0 Å². The van der Waals surface area contributed by atoms with Crippen LogP contribution in [0.3, 0.4) is 0 Å². The number of carbonyl (C=O) groups is 1. The Morgan fingerprint density at radius 3 is 1.29 bits per heavy atom. The largest absolute Gasteiger partial charge is 0.428 e. The van der Waals surface area contributed by atoms with Gasteiger partial charge in [0.15, 0.2) is 0 Å². The summed E-state index contributed by atoms with van der Waals surface area (Å²) in [6, 6.07) is 40.1. The van der Waals surface area contributed by atoms with Gasteiger partial charge in [-0.05, 0) is 27.8 Å². The summed E-state index contributed by atoms with van der Waals surface area (Å²) in [7, 11) is 1.57. The molecule has 0 aliphatic carbocycles. The van der Waals surface area contributed by atoms with Crippen molar-refractivity contribution < 1.29 is 14.3 Å². The molecule has 1 aliphatic rings. The highest BCUT2D eigenvalue weighted by atomic mass is 16.7. The Balaban J connectivity index is 1.92. The molecular formula is C31H24O3. The van der Waals surface area contributed by atoms with Gasteiger partial charge in [0.25, 0.3) is 0 Å². The van der Waals surface area contributed by atoms with Gasteiger partial charge in [0, 0.05) is 18.3 Å². The topological polar surface area (TPSA) is 35.5 Å². The third-order valence-corrected chi connectivity index (χ3v) is 5.91. The molecule has 1 fully saturated rings. The van der Waals surface area contributed by atoms with Crippen molar-refractivity contribution in [2.24, 2.45) is 0 Å². The maximum atomic E-state index is 13.5. The maximum absolute atomic E-state index is 13.5. The van der Waals surface area contributed by atoms with E-state index in [9.17, 15) is 4.79 Å². The monoisotopic (exact) mass is 444 g/mol. The van der Waals surface area contributed by atoms with Gasteiger partial charge in [-0.2, -0.15) is 0 Å². The fourth-order valence-electron chi connectivity index (χ4n) is 4.44. The van der Waals surface area contributed by atoms with Crippen molar-refractivity contribution in [1.82, 2.24) is 0 Å². The number of ether oxygens (including phenoxy) is 2. The average molecular weight is 445 g/mol. The molecule has 0 amide bonds. The summed E-state index contributed by atoms with van der Waals surface area (Å²) in [6.45, 7) is 0. The summed E-state index contributed by atoms with van der Waals surface area (Å²) >= 11 is 0. The molecule has 1 aliphatic heterocycles. The van der Waals surface area contributed by atoms with E-state index in [4.69, 9.17) is 9.47 Å². The summed E-state index contributed by atoms with van der Waals surface area (Å²) < 4.78 is 11.5. The van der Waals surface area contributed by atoms with Gasteiger partial charge >= 0.3 is 5.97 Å². The first kappa shape index (κ1) is 21.6. The van der Waals surface area contributed by atoms with Crippen molar-refractivity contribution in [3.05, 3.63) is 155 Å². The van der Waals surface area contributed by atoms with Gasteiger partial charge in [-0.25, -0.2) is 4.79 Å². The lowest BCUT2D eigenvalue weighted by Gasteiger charge is -2.18. The molecule has 0 spiro atoms. The molecule has 0 N–H and O–H groups in total. The number of cyclic esters (lactones) is 1. The fourth-order valence-corrected chi connectivity index (χ4v) is 4.44. The molecular weight excluding hydrogens is 420 g/mol. The molecule has 4 aromatic rings. The van der Waals surface area contributed by atoms with Crippen LogP contribution in [0.15, 0.2) is 132 Å². The van der Waals surface area contributed by atoms with Crippen LogP contribution >= 0.6 is 0 Å². The second kappa shape index (κ2) is 9.74. The van der Waals surface area contributed by atoms with Gasteiger partial charge in [0.1, 0.15) is 0 Å². The van der Waals surface area contributed by atoms with E-state index in [1.165, 1.54) is 0 Å². The van der Waals surface area contributed by atoms with Gasteiger partial charge in [0.2, 0.25) is 6.29 Å². The average Bonchev–Trinajstić information content (AvgIpc) is 3.22. The highest BCUT2D eigenvalue weighted by molar-refractivity contribution is 6.11. The molecule has 0 radical (unpaired) electrons. The molecule has 1 heterocycles. The summed E-state index contributed by atoms with van der Waals surface area (Å²) in [6.07, 6.45) is -0.819. The third-order valence-electron chi connectivity index (χ3n) is 5.91.